The zero-order chi connectivity index (χ0) is 17.7. The van der Waals surface area contributed by atoms with Gasteiger partial charge in [-0.1, -0.05) is 19.9 Å². The Morgan fingerprint density at radius 1 is 1.17 bits per heavy atom. The first-order valence-electron chi connectivity index (χ1n) is 9.15. The molecule has 1 heterocycles. The largest absolute Gasteiger partial charge is 0.493 e. The maximum Gasteiger partial charge on any atom is 0.161 e. The van der Waals surface area contributed by atoms with Crippen molar-refractivity contribution in [2.45, 2.75) is 52.2 Å². The van der Waals surface area contributed by atoms with E-state index in [0.29, 0.717) is 18.0 Å². The van der Waals surface area contributed by atoms with Crippen LogP contribution < -0.4 is 9.47 Å². The number of ether oxygens (including phenoxy) is 2. The molecule has 0 N–H and O–H groups in total. The minimum Gasteiger partial charge on any atom is -0.493 e. The quantitative estimate of drug-likeness (QED) is 0.760. The summed E-state index contributed by atoms with van der Waals surface area (Å²) in [7, 11) is 5.63. The van der Waals surface area contributed by atoms with Crippen molar-refractivity contribution in [1.29, 1.82) is 0 Å². The molecule has 1 aromatic carbocycles. The fraction of sp³-hybridized carbons (Fsp3) is 0.700. The first-order chi connectivity index (χ1) is 11.5. The van der Waals surface area contributed by atoms with Crippen LogP contribution in [0.2, 0.25) is 0 Å². The highest BCUT2D eigenvalue weighted by molar-refractivity contribution is 5.42. The number of piperidine rings is 1. The van der Waals surface area contributed by atoms with Gasteiger partial charge in [-0.15, -0.1) is 0 Å². The van der Waals surface area contributed by atoms with Crippen LogP contribution in [0, 0.1) is 5.92 Å². The molecule has 0 spiro atoms. The van der Waals surface area contributed by atoms with Gasteiger partial charge < -0.3 is 14.4 Å². The first-order valence-corrected chi connectivity index (χ1v) is 9.15. The number of likely N-dealkylation sites (tertiary alicyclic amines) is 1. The van der Waals surface area contributed by atoms with Crippen LogP contribution in [-0.4, -0.2) is 56.2 Å². The second kappa shape index (κ2) is 8.72. The first kappa shape index (κ1) is 19.1. The van der Waals surface area contributed by atoms with E-state index in [1.165, 1.54) is 24.9 Å². The standard InChI is InChI=1S/C20H34N2O2/c1-7-10-22(18-11-16(3)21(4)13-15(18)2)14-17-8-9-19(23-5)20(12-17)24-6/h8-9,12,15-16,18H,7,10-11,13-14H2,1-6H3/t15-,16-,18-/m0/s1. The summed E-state index contributed by atoms with van der Waals surface area (Å²) in [5.41, 5.74) is 1.29. The Balaban J connectivity index is 2.16. The van der Waals surface area contributed by atoms with Crippen molar-refractivity contribution >= 4 is 0 Å². The second-order valence-electron chi connectivity index (χ2n) is 7.23. The second-order valence-corrected chi connectivity index (χ2v) is 7.23. The van der Waals surface area contributed by atoms with Gasteiger partial charge in [-0.05, 0) is 57.0 Å². The number of rotatable bonds is 7. The van der Waals surface area contributed by atoms with Crippen LogP contribution in [0.1, 0.15) is 39.2 Å². The molecule has 0 aliphatic carbocycles. The van der Waals surface area contributed by atoms with Crippen molar-refractivity contribution in [3.63, 3.8) is 0 Å². The zero-order valence-electron chi connectivity index (χ0n) is 16.2. The van der Waals surface area contributed by atoms with Crippen molar-refractivity contribution in [3.05, 3.63) is 23.8 Å². The molecule has 136 valence electrons. The van der Waals surface area contributed by atoms with Gasteiger partial charge in [-0.2, -0.15) is 0 Å². The van der Waals surface area contributed by atoms with E-state index in [0.717, 1.165) is 24.6 Å². The van der Waals surface area contributed by atoms with Gasteiger partial charge in [0.05, 0.1) is 14.2 Å². The predicted molar refractivity (Wildman–Crippen MR) is 99.9 cm³/mol. The number of hydrogen-bond acceptors (Lipinski definition) is 4. The molecule has 0 unspecified atom stereocenters. The Morgan fingerprint density at radius 3 is 2.50 bits per heavy atom. The summed E-state index contributed by atoms with van der Waals surface area (Å²) in [6, 6.07) is 7.58. The van der Waals surface area contributed by atoms with Crippen molar-refractivity contribution in [1.82, 2.24) is 9.80 Å². The molecule has 3 atom stereocenters. The topological polar surface area (TPSA) is 24.9 Å². The fourth-order valence-electron chi connectivity index (χ4n) is 3.89. The minimum absolute atomic E-state index is 0.643. The van der Waals surface area contributed by atoms with E-state index in [-0.39, 0.29) is 0 Å². The van der Waals surface area contributed by atoms with Crippen LogP contribution in [0.5, 0.6) is 11.5 Å². The molecule has 1 saturated heterocycles. The predicted octanol–water partition coefficient (Wildman–Crippen LogP) is 3.64. The number of hydrogen-bond donors (Lipinski definition) is 0. The lowest BCUT2D eigenvalue weighted by molar-refractivity contribution is 0.0410. The average molecular weight is 335 g/mol. The summed E-state index contributed by atoms with van der Waals surface area (Å²) < 4.78 is 10.8. The van der Waals surface area contributed by atoms with E-state index in [4.69, 9.17) is 9.47 Å². The van der Waals surface area contributed by atoms with E-state index in [2.05, 4.69) is 49.8 Å². The van der Waals surface area contributed by atoms with Crippen LogP contribution in [0.15, 0.2) is 18.2 Å². The molecule has 0 bridgehead atoms. The third-order valence-corrected chi connectivity index (χ3v) is 5.38. The van der Waals surface area contributed by atoms with E-state index in [1.54, 1.807) is 14.2 Å². The van der Waals surface area contributed by atoms with Crippen LogP contribution in [-0.2, 0) is 6.54 Å². The maximum atomic E-state index is 5.47. The van der Waals surface area contributed by atoms with Gasteiger partial charge in [-0.3, -0.25) is 4.90 Å². The fourth-order valence-corrected chi connectivity index (χ4v) is 3.89. The van der Waals surface area contributed by atoms with Crippen molar-refractivity contribution in [2.24, 2.45) is 5.92 Å². The van der Waals surface area contributed by atoms with Crippen LogP contribution in [0.4, 0.5) is 0 Å². The number of nitrogens with zero attached hydrogens (tertiary/aromatic N) is 2. The molecule has 1 fully saturated rings. The SMILES string of the molecule is CCCN(Cc1ccc(OC)c(OC)c1)[C@H]1C[C@H](C)N(C)C[C@@H]1C. The zero-order valence-corrected chi connectivity index (χ0v) is 16.2. The van der Waals surface area contributed by atoms with E-state index in [9.17, 15) is 0 Å². The minimum atomic E-state index is 0.643. The molecule has 4 nitrogen and oxygen atoms in total. The molecule has 2 rings (SSSR count). The lowest BCUT2D eigenvalue weighted by Gasteiger charge is -2.45. The monoisotopic (exact) mass is 334 g/mol. The maximum absolute atomic E-state index is 5.47. The van der Waals surface area contributed by atoms with Crippen LogP contribution in [0.25, 0.3) is 0 Å². The normalized spacial score (nSPS) is 25.0. The summed E-state index contributed by atoms with van der Waals surface area (Å²) >= 11 is 0. The smallest absolute Gasteiger partial charge is 0.161 e. The Bertz CT molecular complexity index is 520. The molecular weight excluding hydrogens is 300 g/mol. The van der Waals surface area contributed by atoms with Crippen LogP contribution in [0.3, 0.4) is 0 Å². The Labute approximate surface area is 147 Å². The summed E-state index contributed by atoms with van der Waals surface area (Å²) in [6.45, 7) is 10.3. The molecule has 24 heavy (non-hydrogen) atoms. The Hall–Kier alpha value is -1.26. The third-order valence-electron chi connectivity index (χ3n) is 5.38. The van der Waals surface area contributed by atoms with Gasteiger partial charge in [0.25, 0.3) is 0 Å². The van der Waals surface area contributed by atoms with Crippen molar-refractivity contribution < 1.29 is 9.47 Å². The van der Waals surface area contributed by atoms with Gasteiger partial charge in [-0.25, -0.2) is 0 Å². The average Bonchev–Trinajstić information content (AvgIpc) is 2.57. The lowest BCUT2D eigenvalue weighted by Crippen LogP contribution is -2.52. The third kappa shape index (κ3) is 4.42. The Kier molecular flexibility index (Phi) is 6.93. The van der Waals surface area contributed by atoms with E-state index >= 15 is 0 Å². The van der Waals surface area contributed by atoms with Gasteiger partial charge in [0.15, 0.2) is 11.5 Å². The Morgan fingerprint density at radius 2 is 1.88 bits per heavy atom. The molecule has 4 heteroatoms. The van der Waals surface area contributed by atoms with Gasteiger partial charge in [0.2, 0.25) is 0 Å². The number of methoxy groups -OCH3 is 2. The van der Waals surface area contributed by atoms with Gasteiger partial charge in [0, 0.05) is 25.2 Å². The van der Waals surface area contributed by atoms with Gasteiger partial charge in [0.1, 0.15) is 0 Å². The molecule has 1 aliphatic rings. The highest BCUT2D eigenvalue weighted by Gasteiger charge is 2.32. The van der Waals surface area contributed by atoms with Crippen molar-refractivity contribution in [3.8, 4) is 11.5 Å². The highest BCUT2D eigenvalue weighted by atomic mass is 16.5. The molecule has 0 aromatic heterocycles. The molecule has 0 saturated carbocycles. The lowest BCUT2D eigenvalue weighted by atomic mass is 9.88. The summed E-state index contributed by atoms with van der Waals surface area (Å²) in [5, 5.41) is 0. The summed E-state index contributed by atoms with van der Waals surface area (Å²) in [6.07, 6.45) is 2.42. The number of benzene rings is 1. The van der Waals surface area contributed by atoms with E-state index in [1.807, 2.05) is 6.07 Å². The summed E-state index contributed by atoms with van der Waals surface area (Å²) in [4.78, 5) is 5.15. The van der Waals surface area contributed by atoms with Crippen LogP contribution >= 0.6 is 0 Å². The highest BCUT2D eigenvalue weighted by Crippen LogP contribution is 2.30. The van der Waals surface area contributed by atoms with Gasteiger partial charge >= 0.3 is 0 Å². The molecule has 0 radical (unpaired) electrons. The van der Waals surface area contributed by atoms with Crippen molar-refractivity contribution in [2.75, 3.05) is 34.4 Å². The molecular formula is C20H34N2O2. The molecule has 1 aliphatic heterocycles. The molecule has 1 aromatic rings. The molecule has 0 amide bonds. The van der Waals surface area contributed by atoms with E-state index < -0.39 is 0 Å². The summed E-state index contributed by atoms with van der Waals surface area (Å²) in [5.74, 6) is 2.30.